The number of aliphatic hydroxyl groups excluding tert-OH is 5. The molecule has 0 amide bonds. The summed E-state index contributed by atoms with van der Waals surface area (Å²) in [6.07, 6.45) is -14.7. The zero-order valence-corrected chi connectivity index (χ0v) is 30.7. The van der Waals surface area contributed by atoms with Crippen LogP contribution in [0.15, 0.2) is 152 Å². The Labute approximate surface area is 326 Å². The minimum absolute atomic E-state index is 0.0909. The zero-order valence-electron chi connectivity index (χ0n) is 30.7. The van der Waals surface area contributed by atoms with Gasteiger partial charge < -0.3 is 54.0 Å². The number of hydrogen-bond acceptors (Lipinski definition) is 11. The molecule has 0 bridgehead atoms. The molecule has 5 aromatic rings. The van der Waals surface area contributed by atoms with E-state index in [9.17, 15) is 25.5 Å². The highest BCUT2D eigenvalue weighted by Gasteiger charge is 2.53. The summed E-state index contributed by atoms with van der Waals surface area (Å²) in [5.74, 6) is 0. The first-order valence-electron chi connectivity index (χ1n) is 18.8. The van der Waals surface area contributed by atoms with Crippen LogP contribution < -0.4 is 0 Å². The van der Waals surface area contributed by atoms with Gasteiger partial charge in [0.25, 0.3) is 0 Å². The second-order valence-corrected chi connectivity index (χ2v) is 14.0. The first-order valence-corrected chi connectivity index (χ1v) is 18.8. The van der Waals surface area contributed by atoms with Crippen molar-refractivity contribution in [2.75, 3.05) is 13.2 Å². The molecule has 5 aromatic carbocycles. The van der Waals surface area contributed by atoms with Gasteiger partial charge in [-0.25, -0.2) is 0 Å². The smallest absolute Gasteiger partial charge is 0.187 e. The summed E-state index contributed by atoms with van der Waals surface area (Å²) in [6.45, 7) is 0.190. The van der Waals surface area contributed by atoms with E-state index in [1.165, 1.54) is 0 Å². The molecule has 0 aromatic heterocycles. The fraction of sp³-hybridized carbons (Fsp3) is 0.333. The lowest BCUT2D eigenvalue weighted by molar-refractivity contribution is -0.362. The largest absolute Gasteiger partial charge is 0.387 e. The summed E-state index contributed by atoms with van der Waals surface area (Å²) >= 11 is 0. The summed E-state index contributed by atoms with van der Waals surface area (Å²) in [4.78, 5) is 0. The van der Waals surface area contributed by atoms with Gasteiger partial charge in [0.15, 0.2) is 12.6 Å². The maximum absolute atomic E-state index is 12.1. The van der Waals surface area contributed by atoms with E-state index in [-0.39, 0.29) is 26.4 Å². The van der Waals surface area contributed by atoms with Crippen LogP contribution in [0.5, 0.6) is 0 Å². The van der Waals surface area contributed by atoms with Crippen LogP contribution in [-0.2, 0) is 47.2 Å². The van der Waals surface area contributed by atoms with Gasteiger partial charge in [-0.3, -0.25) is 0 Å². The van der Waals surface area contributed by atoms with E-state index in [0.29, 0.717) is 0 Å². The van der Waals surface area contributed by atoms with Gasteiger partial charge >= 0.3 is 0 Å². The molecule has 0 radical (unpaired) electrons. The standard InChI is InChI=1S/C45H48O11/c46-37-39(48)43(50)53-35(28-51-26-30-16-6-1-7-17-30)41(37)55-44-40(49)38(47)42(36(54-44)29-52-27-31-18-8-2-9-19-31)56-45(32-20-10-3-11-21-32,33-22-12-4-13-23-33)34-24-14-5-15-25-34/h1-25,35-44,46-50H,26-29H2/t35-,36-,37-,38+,39+,40+,41-,42-,43+,44-/m1/s1. The molecule has 0 spiro atoms. The summed E-state index contributed by atoms with van der Waals surface area (Å²) in [5.41, 5.74) is 2.82. The molecule has 0 saturated carbocycles. The summed E-state index contributed by atoms with van der Waals surface area (Å²) in [7, 11) is 0. The second kappa shape index (κ2) is 18.7. The quantitative estimate of drug-likeness (QED) is 0.0981. The van der Waals surface area contributed by atoms with Crippen LogP contribution in [0.25, 0.3) is 0 Å². The van der Waals surface area contributed by atoms with E-state index in [1.807, 2.05) is 152 Å². The van der Waals surface area contributed by atoms with E-state index in [0.717, 1.165) is 27.8 Å². The highest BCUT2D eigenvalue weighted by Crippen LogP contribution is 2.44. The number of aliphatic hydroxyl groups is 5. The van der Waals surface area contributed by atoms with Crippen molar-refractivity contribution < 1.29 is 54.0 Å². The molecule has 56 heavy (non-hydrogen) atoms. The maximum Gasteiger partial charge on any atom is 0.187 e. The van der Waals surface area contributed by atoms with Gasteiger partial charge in [-0.2, -0.15) is 0 Å². The van der Waals surface area contributed by atoms with Crippen molar-refractivity contribution in [2.24, 2.45) is 0 Å². The summed E-state index contributed by atoms with van der Waals surface area (Å²) < 4.78 is 37.6. The van der Waals surface area contributed by atoms with Crippen molar-refractivity contribution in [3.63, 3.8) is 0 Å². The topological polar surface area (TPSA) is 157 Å². The van der Waals surface area contributed by atoms with Gasteiger partial charge in [0.05, 0.1) is 26.4 Å². The Balaban J connectivity index is 1.20. The lowest BCUT2D eigenvalue weighted by atomic mass is 9.79. The molecule has 5 N–H and O–H groups in total. The molecule has 2 aliphatic rings. The molecular formula is C45H48O11. The van der Waals surface area contributed by atoms with Gasteiger partial charge in [0, 0.05) is 0 Å². The fourth-order valence-corrected chi connectivity index (χ4v) is 7.34. The van der Waals surface area contributed by atoms with Crippen LogP contribution in [0.4, 0.5) is 0 Å². The van der Waals surface area contributed by atoms with E-state index in [1.54, 1.807) is 0 Å². The average molecular weight is 765 g/mol. The zero-order chi connectivity index (χ0) is 38.9. The van der Waals surface area contributed by atoms with Crippen molar-refractivity contribution in [3.8, 4) is 0 Å². The van der Waals surface area contributed by atoms with Crippen molar-refractivity contribution in [1.82, 2.24) is 0 Å². The predicted molar refractivity (Wildman–Crippen MR) is 205 cm³/mol. The van der Waals surface area contributed by atoms with Gasteiger partial charge in [-0.15, -0.1) is 0 Å². The lowest BCUT2D eigenvalue weighted by Crippen LogP contribution is -2.65. The number of hydrogen-bond donors (Lipinski definition) is 5. The molecule has 0 unspecified atom stereocenters. The highest BCUT2D eigenvalue weighted by molar-refractivity contribution is 5.47. The molecular weight excluding hydrogens is 716 g/mol. The van der Waals surface area contributed by atoms with Crippen molar-refractivity contribution in [3.05, 3.63) is 179 Å². The van der Waals surface area contributed by atoms with Crippen molar-refractivity contribution in [2.45, 2.75) is 80.2 Å². The SMILES string of the molecule is O[C@@H]1[C@@H](O[C@H]2[C@H](O)[C@H](O)[C@@H](O)O[C@@H]2COCc2ccccc2)O[C@H](COCc2ccccc2)[C@@H](OC(c2ccccc2)(c2ccccc2)c2ccccc2)[C@H]1O. The second-order valence-electron chi connectivity index (χ2n) is 14.0. The normalized spacial score (nSPS) is 28.2. The van der Waals surface area contributed by atoms with Crippen LogP contribution in [0.1, 0.15) is 27.8 Å². The Bertz CT molecular complexity index is 1790. The minimum Gasteiger partial charge on any atom is -0.387 e. The molecule has 2 heterocycles. The third kappa shape index (κ3) is 8.94. The minimum atomic E-state index is -1.74. The van der Waals surface area contributed by atoms with Crippen molar-refractivity contribution in [1.29, 1.82) is 0 Å². The van der Waals surface area contributed by atoms with E-state index < -0.39 is 67.0 Å². The Morgan fingerprint density at radius 1 is 0.446 bits per heavy atom. The molecule has 2 aliphatic heterocycles. The molecule has 7 rings (SSSR count). The number of rotatable bonds is 15. The summed E-state index contributed by atoms with van der Waals surface area (Å²) in [6, 6.07) is 47.9. The number of benzene rings is 5. The third-order valence-electron chi connectivity index (χ3n) is 10.2. The van der Waals surface area contributed by atoms with Crippen LogP contribution in [0, 0.1) is 0 Å². The Kier molecular flexibility index (Phi) is 13.3. The van der Waals surface area contributed by atoms with Gasteiger partial charge in [0.2, 0.25) is 0 Å². The average Bonchev–Trinajstić information content (AvgIpc) is 3.24. The monoisotopic (exact) mass is 764 g/mol. The van der Waals surface area contributed by atoms with Crippen molar-refractivity contribution >= 4 is 0 Å². The lowest BCUT2D eigenvalue weighted by Gasteiger charge is -2.49. The fourth-order valence-electron chi connectivity index (χ4n) is 7.34. The highest BCUT2D eigenvalue weighted by atomic mass is 16.7. The van der Waals surface area contributed by atoms with Crippen LogP contribution in [-0.4, -0.2) is 100 Å². The van der Waals surface area contributed by atoms with E-state index in [2.05, 4.69) is 0 Å². The first-order chi connectivity index (χ1) is 27.3. The molecule has 2 saturated heterocycles. The van der Waals surface area contributed by atoms with E-state index in [4.69, 9.17) is 28.4 Å². The molecule has 294 valence electrons. The van der Waals surface area contributed by atoms with Crippen LogP contribution in [0.3, 0.4) is 0 Å². The van der Waals surface area contributed by atoms with Gasteiger partial charge in [-0.05, 0) is 27.8 Å². The Morgan fingerprint density at radius 2 is 0.839 bits per heavy atom. The van der Waals surface area contributed by atoms with E-state index >= 15 is 0 Å². The third-order valence-corrected chi connectivity index (χ3v) is 10.2. The predicted octanol–water partition coefficient (Wildman–Crippen LogP) is 4.07. The Hall–Kier alpha value is -4.34. The van der Waals surface area contributed by atoms with Crippen LogP contribution in [0.2, 0.25) is 0 Å². The molecule has 11 nitrogen and oxygen atoms in total. The molecule has 11 heteroatoms. The summed E-state index contributed by atoms with van der Waals surface area (Å²) in [5, 5.41) is 56.1. The molecule has 10 atom stereocenters. The maximum atomic E-state index is 12.1. The molecule has 2 fully saturated rings. The number of ether oxygens (including phenoxy) is 6. The van der Waals surface area contributed by atoms with Gasteiger partial charge in [-0.1, -0.05) is 152 Å². The van der Waals surface area contributed by atoms with Gasteiger partial charge in [0.1, 0.15) is 54.4 Å². The van der Waals surface area contributed by atoms with Crippen LogP contribution >= 0.6 is 0 Å². The first kappa shape index (κ1) is 39.9. The molecule has 0 aliphatic carbocycles. The Morgan fingerprint density at radius 3 is 1.29 bits per heavy atom.